The first-order chi connectivity index (χ1) is 6.77. The van der Waals surface area contributed by atoms with Gasteiger partial charge in [0, 0.05) is 12.1 Å². The maximum atomic E-state index is 5.93. The zero-order valence-corrected chi connectivity index (χ0v) is 9.41. The summed E-state index contributed by atoms with van der Waals surface area (Å²) >= 11 is 0. The Morgan fingerprint density at radius 2 is 1.64 bits per heavy atom. The van der Waals surface area contributed by atoms with Crippen molar-refractivity contribution in [1.29, 1.82) is 0 Å². The minimum Gasteiger partial charge on any atom is -0.328 e. The molecule has 1 aliphatic carbocycles. The van der Waals surface area contributed by atoms with Crippen LogP contribution in [0.4, 0.5) is 0 Å². The van der Waals surface area contributed by atoms with Gasteiger partial charge >= 0.3 is 0 Å². The molecule has 0 aromatic heterocycles. The highest BCUT2D eigenvalue weighted by Crippen LogP contribution is 2.29. The molecule has 2 fully saturated rings. The van der Waals surface area contributed by atoms with Gasteiger partial charge in [-0.1, -0.05) is 19.8 Å². The number of nitrogens with zero attached hydrogens (tertiary/aromatic N) is 1. The van der Waals surface area contributed by atoms with E-state index in [4.69, 9.17) is 5.73 Å². The molecule has 2 aliphatic rings. The van der Waals surface area contributed by atoms with Gasteiger partial charge in [0.2, 0.25) is 0 Å². The van der Waals surface area contributed by atoms with E-state index in [1.165, 1.54) is 51.6 Å². The summed E-state index contributed by atoms with van der Waals surface area (Å²) in [6.07, 6.45) is 8.18. The number of rotatable bonds is 1. The molecule has 0 unspecified atom stereocenters. The first kappa shape index (κ1) is 10.4. The van der Waals surface area contributed by atoms with Gasteiger partial charge in [-0.2, -0.15) is 0 Å². The third kappa shape index (κ3) is 2.29. The van der Waals surface area contributed by atoms with Crippen molar-refractivity contribution < 1.29 is 0 Å². The number of hydrogen-bond acceptors (Lipinski definition) is 2. The van der Waals surface area contributed by atoms with Gasteiger partial charge in [-0.05, 0) is 44.7 Å². The van der Waals surface area contributed by atoms with Gasteiger partial charge in [-0.3, -0.25) is 0 Å². The first-order valence-electron chi connectivity index (χ1n) is 6.27. The maximum absolute atomic E-state index is 5.93. The van der Waals surface area contributed by atoms with Gasteiger partial charge in [0.25, 0.3) is 0 Å². The average Bonchev–Trinajstić information content (AvgIpc) is 2.20. The summed E-state index contributed by atoms with van der Waals surface area (Å²) < 4.78 is 0. The normalized spacial score (nSPS) is 37.3. The molecular weight excluding hydrogens is 172 g/mol. The summed E-state index contributed by atoms with van der Waals surface area (Å²) in [6, 6.07) is 1.35. The van der Waals surface area contributed by atoms with Gasteiger partial charge in [-0.25, -0.2) is 0 Å². The molecule has 0 aromatic carbocycles. The molecule has 0 spiro atoms. The molecule has 2 rings (SSSR count). The predicted octanol–water partition coefficient (Wildman–Crippen LogP) is 1.99. The molecule has 0 radical (unpaired) electrons. The van der Waals surface area contributed by atoms with Crippen LogP contribution in [0.2, 0.25) is 0 Å². The van der Waals surface area contributed by atoms with Crippen LogP contribution in [-0.2, 0) is 0 Å². The van der Waals surface area contributed by atoms with Crippen LogP contribution in [0.3, 0.4) is 0 Å². The topological polar surface area (TPSA) is 29.3 Å². The van der Waals surface area contributed by atoms with Crippen LogP contribution in [0, 0.1) is 5.92 Å². The van der Waals surface area contributed by atoms with E-state index in [1.54, 1.807) is 0 Å². The second-order valence-electron chi connectivity index (χ2n) is 5.20. The quantitative estimate of drug-likeness (QED) is 0.695. The second-order valence-corrected chi connectivity index (χ2v) is 5.20. The van der Waals surface area contributed by atoms with Gasteiger partial charge in [0.1, 0.15) is 0 Å². The van der Waals surface area contributed by atoms with Crippen LogP contribution >= 0.6 is 0 Å². The van der Waals surface area contributed by atoms with Crippen molar-refractivity contribution >= 4 is 0 Å². The van der Waals surface area contributed by atoms with Crippen molar-refractivity contribution in [3.63, 3.8) is 0 Å². The summed E-state index contributed by atoms with van der Waals surface area (Å²) in [4.78, 5) is 2.70. The van der Waals surface area contributed by atoms with Crippen molar-refractivity contribution in [3.8, 4) is 0 Å². The van der Waals surface area contributed by atoms with Crippen molar-refractivity contribution in [3.05, 3.63) is 0 Å². The summed E-state index contributed by atoms with van der Waals surface area (Å²) in [5.74, 6) is 0.915. The van der Waals surface area contributed by atoms with Crippen LogP contribution in [0.25, 0.3) is 0 Å². The Balaban J connectivity index is 1.87. The summed E-state index contributed by atoms with van der Waals surface area (Å²) in [5, 5.41) is 0. The lowest BCUT2D eigenvalue weighted by Crippen LogP contribution is -2.48. The highest BCUT2D eigenvalue weighted by Gasteiger charge is 2.29. The minimum atomic E-state index is 0.477. The van der Waals surface area contributed by atoms with Crippen LogP contribution in [-0.4, -0.2) is 30.1 Å². The van der Waals surface area contributed by atoms with Gasteiger partial charge in [0.05, 0.1) is 0 Å². The molecule has 82 valence electrons. The van der Waals surface area contributed by atoms with E-state index in [9.17, 15) is 0 Å². The fourth-order valence-corrected chi connectivity index (χ4v) is 3.09. The third-order valence-corrected chi connectivity index (χ3v) is 4.11. The number of nitrogens with two attached hydrogens (primary N) is 1. The Kier molecular flexibility index (Phi) is 3.45. The van der Waals surface area contributed by atoms with Gasteiger partial charge in [-0.15, -0.1) is 0 Å². The second kappa shape index (κ2) is 4.63. The monoisotopic (exact) mass is 196 g/mol. The standard InChI is InChI=1S/C12H24N2/c1-10-4-2-3-5-12(10)14-8-6-11(13)7-9-14/h10-12H,2-9,13H2,1H3/t10-,12-/m0/s1. The van der Waals surface area contributed by atoms with Gasteiger partial charge < -0.3 is 10.6 Å². The lowest BCUT2D eigenvalue weighted by Gasteiger charge is -2.41. The average molecular weight is 196 g/mol. The molecule has 1 heterocycles. The third-order valence-electron chi connectivity index (χ3n) is 4.11. The lowest BCUT2D eigenvalue weighted by molar-refractivity contribution is 0.0866. The number of piperidine rings is 1. The summed E-state index contributed by atoms with van der Waals surface area (Å²) in [7, 11) is 0. The molecule has 2 atom stereocenters. The number of hydrogen-bond donors (Lipinski definition) is 1. The molecule has 2 heteroatoms. The van der Waals surface area contributed by atoms with E-state index in [2.05, 4.69) is 11.8 Å². The lowest BCUT2D eigenvalue weighted by atomic mass is 9.84. The molecule has 0 amide bonds. The van der Waals surface area contributed by atoms with Crippen molar-refractivity contribution in [2.45, 2.75) is 57.5 Å². The van der Waals surface area contributed by atoms with Gasteiger partial charge in [0.15, 0.2) is 0 Å². The Hall–Kier alpha value is -0.0800. The number of likely N-dealkylation sites (tertiary alicyclic amines) is 1. The Morgan fingerprint density at radius 1 is 1.00 bits per heavy atom. The summed E-state index contributed by atoms with van der Waals surface area (Å²) in [5.41, 5.74) is 5.93. The molecule has 1 aliphatic heterocycles. The molecule has 0 bridgehead atoms. The van der Waals surface area contributed by atoms with E-state index in [0.29, 0.717) is 6.04 Å². The van der Waals surface area contributed by atoms with E-state index >= 15 is 0 Å². The molecule has 2 nitrogen and oxygen atoms in total. The first-order valence-corrected chi connectivity index (χ1v) is 6.27. The fraction of sp³-hybridized carbons (Fsp3) is 1.00. The van der Waals surface area contributed by atoms with Crippen LogP contribution in [0.15, 0.2) is 0 Å². The minimum absolute atomic E-state index is 0.477. The largest absolute Gasteiger partial charge is 0.328 e. The Bertz CT molecular complexity index is 173. The van der Waals surface area contributed by atoms with E-state index in [0.717, 1.165) is 12.0 Å². The van der Waals surface area contributed by atoms with Crippen LogP contribution in [0.5, 0.6) is 0 Å². The van der Waals surface area contributed by atoms with Crippen LogP contribution < -0.4 is 5.73 Å². The van der Waals surface area contributed by atoms with E-state index < -0.39 is 0 Å². The Morgan fingerprint density at radius 3 is 2.29 bits per heavy atom. The zero-order valence-electron chi connectivity index (χ0n) is 9.41. The van der Waals surface area contributed by atoms with E-state index in [-0.39, 0.29) is 0 Å². The molecule has 14 heavy (non-hydrogen) atoms. The van der Waals surface area contributed by atoms with Crippen molar-refractivity contribution in [1.82, 2.24) is 4.90 Å². The molecule has 0 aromatic rings. The SMILES string of the molecule is C[C@H]1CCCC[C@@H]1N1CCC(N)CC1. The van der Waals surface area contributed by atoms with Crippen molar-refractivity contribution in [2.24, 2.45) is 11.7 Å². The Labute approximate surface area is 87.8 Å². The highest BCUT2D eigenvalue weighted by molar-refractivity contribution is 4.85. The summed E-state index contributed by atoms with van der Waals surface area (Å²) in [6.45, 7) is 4.92. The molecule has 2 N–H and O–H groups in total. The highest BCUT2D eigenvalue weighted by atomic mass is 15.2. The van der Waals surface area contributed by atoms with Crippen molar-refractivity contribution in [2.75, 3.05) is 13.1 Å². The predicted molar refractivity (Wildman–Crippen MR) is 60.2 cm³/mol. The van der Waals surface area contributed by atoms with E-state index in [1.807, 2.05) is 0 Å². The maximum Gasteiger partial charge on any atom is 0.0121 e. The smallest absolute Gasteiger partial charge is 0.0121 e. The van der Waals surface area contributed by atoms with Crippen LogP contribution in [0.1, 0.15) is 45.4 Å². The molecule has 1 saturated heterocycles. The molecule has 1 saturated carbocycles. The zero-order chi connectivity index (χ0) is 9.97. The molecular formula is C12H24N2. The fourth-order valence-electron chi connectivity index (χ4n) is 3.09.